The summed E-state index contributed by atoms with van der Waals surface area (Å²) in [5, 5.41) is 11.8. The topological polar surface area (TPSA) is 49.3 Å². The van der Waals surface area contributed by atoms with Crippen LogP contribution in [0.15, 0.2) is 30.3 Å². The highest BCUT2D eigenvalue weighted by atomic mass is 16.4. The minimum absolute atomic E-state index is 0.484. The van der Waals surface area contributed by atoms with E-state index in [4.69, 9.17) is 5.11 Å². The molecule has 14 heavy (non-hydrogen) atoms. The van der Waals surface area contributed by atoms with E-state index >= 15 is 0 Å². The average molecular weight is 193 g/mol. The van der Waals surface area contributed by atoms with Crippen molar-refractivity contribution in [2.45, 2.75) is 19.4 Å². The quantitative estimate of drug-likeness (QED) is 0.741. The summed E-state index contributed by atoms with van der Waals surface area (Å²) in [6, 6.07) is 9.15. The highest BCUT2D eigenvalue weighted by Crippen LogP contribution is 2.03. The smallest absolute Gasteiger partial charge is 0.321 e. The molecule has 0 radical (unpaired) electrons. The number of aliphatic carboxylic acids is 1. The molecule has 0 saturated heterocycles. The number of rotatable bonds is 5. The van der Waals surface area contributed by atoms with E-state index in [1.54, 1.807) is 0 Å². The third kappa shape index (κ3) is 3.18. The zero-order valence-electron chi connectivity index (χ0n) is 8.23. The minimum Gasteiger partial charge on any atom is -0.480 e. The Kier molecular flexibility index (Phi) is 4.13. The van der Waals surface area contributed by atoms with Crippen LogP contribution >= 0.6 is 0 Å². The van der Waals surface area contributed by atoms with Crippen molar-refractivity contribution in [3.63, 3.8) is 0 Å². The van der Waals surface area contributed by atoms with Crippen LogP contribution in [0.3, 0.4) is 0 Å². The van der Waals surface area contributed by atoms with E-state index in [0.717, 1.165) is 5.56 Å². The van der Waals surface area contributed by atoms with E-state index in [1.165, 1.54) is 0 Å². The third-order valence-electron chi connectivity index (χ3n) is 2.03. The van der Waals surface area contributed by atoms with Gasteiger partial charge in [0, 0.05) is 0 Å². The molecule has 76 valence electrons. The molecule has 0 heterocycles. The van der Waals surface area contributed by atoms with Gasteiger partial charge in [-0.15, -0.1) is 0 Å². The SMILES string of the molecule is CCNC(Cc1ccccc1)C(=O)O. The van der Waals surface area contributed by atoms with Gasteiger partial charge in [0.25, 0.3) is 0 Å². The van der Waals surface area contributed by atoms with Gasteiger partial charge in [-0.05, 0) is 18.5 Å². The number of hydrogen-bond acceptors (Lipinski definition) is 2. The Balaban J connectivity index is 2.60. The largest absolute Gasteiger partial charge is 0.480 e. The first-order chi connectivity index (χ1) is 6.74. The second-order valence-electron chi connectivity index (χ2n) is 3.14. The number of carboxylic acid groups (broad SMARTS) is 1. The van der Waals surface area contributed by atoms with E-state index in [0.29, 0.717) is 13.0 Å². The summed E-state index contributed by atoms with van der Waals surface area (Å²) in [6.45, 7) is 2.57. The number of likely N-dealkylation sites (N-methyl/N-ethyl adjacent to an activating group) is 1. The average Bonchev–Trinajstić information content (AvgIpc) is 2.18. The van der Waals surface area contributed by atoms with E-state index in [2.05, 4.69) is 5.32 Å². The van der Waals surface area contributed by atoms with Crippen molar-refractivity contribution < 1.29 is 9.90 Å². The number of hydrogen-bond donors (Lipinski definition) is 2. The van der Waals surface area contributed by atoms with Gasteiger partial charge in [0.1, 0.15) is 6.04 Å². The maximum atomic E-state index is 10.8. The highest BCUT2D eigenvalue weighted by Gasteiger charge is 2.15. The van der Waals surface area contributed by atoms with Crippen molar-refractivity contribution in [2.75, 3.05) is 6.54 Å². The second-order valence-corrected chi connectivity index (χ2v) is 3.14. The Morgan fingerprint density at radius 2 is 2.07 bits per heavy atom. The summed E-state index contributed by atoms with van der Waals surface area (Å²) in [6.07, 6.45) is 0.532. The molecular formula is C11H15NO2. The highest BCUT2D eigenvalue weighted by molar-refractivity contribution is 5.73. The number of carboxylic acids is 1. The van der Waals surface area contributed by atoms with Crippen LogP contribution in [-0.2, 0) is 11.2 Å². The Bertz CT molecular complexity index is 285. The molecule has 3 nitrogen and oxygen atoms in total. The molecule has 1 atom stereocenters. The second kappa shape index (κ2) is 5.40. The van der Waals surface area contributed by atoms with Gasteiger partial charge in [0.2, 0.25) is 0 Å². The zero-order chi connectivity index (χ0) is 10.4. The molecule has 1 aromatic rings. The molecular weight excluding hydrogens is 178 g/mol. The van der Waals surface area contributed by atoms with Crippen molar-refractivity contribution in [3.8, 4) is 0 Å². The summed E-state index contributed by atoms with van der Waals surface area (Å²) < 4.78 is 0. The lowest BCUT2D eigenvalue weighted by Gasteiger charge is -2.12. The third-order valence-corrected chi connectivity index (χ3v) is 2.03. The maximum absolute atomic E-state index is 10.8. The van der Waals surface area contributed by atoms with E-state index < -0.39 is 12.0 Å². The molecule has 0 saturated carbocycles. The van der Waals surface area contributed by atoms with Gasteiger partial charge in [-0.1, -0.05) is 37.3 Å². The van der Waals surface area contributed by atoms with Gasteiger partial charge in [-0.3, -0.25) is 4.79 Å². The molecule has 3 heteroatoms. The normalized spacial score (nSPS) is 12.4. The summed E-state index contributed by atoms with van der Waals surface area (Å²) in [4.78, 5) is 10.8. The minimum atomic E-state index is -0.796. The molecule has 1 aromatic carbocycles. The monoisotopic (exact) mass is 193 g/mol. The predicted molar refractivity (Wildman–Crippen MR) is 55.2 cm³/mol. The molecule has 0 aromatic heterocycles. The molecule has 1 unspecified atom stereocenters. The molecule has 0 aliphatic carbocycles. The summed E-state index contributed by atoms with van der Waals surface area (Å²) in [5.41, 5.74) is 1.04. The molecule has 0 fully saturated rings. The Morgan fingerprint density at radius 1 is 1.43 bits per heavy atom. The lowest BCUT2D eigenvalue weighted by molar-refractivity contribution is -0.139. The fourth-order valence-corrected chi connectivity index (χ4v) is 1.34. The van der Waals surface area contributed by atoms with Gasteiger partial charge < -0.3 is 10.4 Å². The van der Waals surface area contributed by atoms with Crippen molar-refractivity contribution in [1.29, 1.82) is 0 Å². The van der Waals surface area contributed by atoms with Crippen LogP contribution in [0.2, 0.25) is 0 Å². The molecule has 2 N–H and O–H groups in total. The van der Waals surface area contributed by atoms with Crippen LogP contribution in [0.5, 0.6) is 0 Å². The van der Waals surface area contributed by atoms with Gasteiger partial charge >= 0.3 is 5.97 Å². The fourth-order valence-electron chi connectivity index (χ4n) is 1.34. The van der Waals surface area contributed by atoms with Gasteiger partial charge in [0.15, 0.2) is 0 Å². The van der Waals surface area contributed by atoms with E-state index in [1.807, 2.05) is 37.3 Å². The zero-order valence-corrected chi connectivity index (χ0v) is 8.23. The van der Waals surface area contributed by atoms with Crippen LogP contribution in [0.25, 0.3) is 0 Å². The van der Waals surface area contributed by atoms with E-state index in [-0.39, 0.29) is 0 Å². The molecule has 0 amide bonds. The molecule has 1 rings (SSSR count). The first kappa shape index (κ1) is 10.7. The van der Waals surface area contributed by atoms with Gasteiger partial charge in [0.05, 0.1) is 0 Å². The van der Waals surface area contributed by atoms with E-state index in [9.17, 15) is 4.79 Å². The number of benzene rings is 1. The molecule has 0 spiro atoms. The summed E-state index contributed by atoms with van der Waals surface area (Å²) in [7, 11) is 0. The van der Waals surface area contributed by atoms with Crippen LogP contribution in [0.4, 0.5) is 0 Å². The standard InChI is InChI=1S/C11H15NO2/c1-2-12-10(11(13)14)8-9-6-4-3-5-7-9/h3-7,10,12H,2,8H2,1H3,(H,13,14). The van der Waals surface area contributed by atoms with Crippen molar-refractivity contribution >= 4 is 5.97 Å². The molecule has 0 aliphatic rings. The van der Waals surface area contributed by atoms with Crippen LogP contribution < -0.4 is 5.32 Å². The van der Waals surface area contributed by atoms with Crippen LogP contribution in [0.1, 0.15) is 12.5 Å². The lowest BCUT2D eigenvalue weighted by Crippen LogP contribution is -2.38. The van der Waals surface area contributed by atoms with Crippen molar-refractivity contribution in [2.24, 2.45) is 0 Å². The summed E-state index contributed by atoms with van der Waals surface area (Å²) >= 11 is 0. The van der Waals surface area contributed by atoms with Crippen LogP contribution in [0, 0.1) is 0 Å². The Labute approximate surface area is 83.8 Å². The number of nitrogens with one attached hydrogen (secondary N) is 1. The number of carbonyl (C=O) groups is 1. The lowest BCUT2D eigenvalue weighted by atomic mass is 10.1. The molecule has 0 aliphatic heterocycles. The first-order valence-electron chi connectivity index (χ1n) is 4.74. The van der Waals surface area contributed by atoms with Crippen molar-refractivity contribution in [3.05, 3.63) is 35.9 Å². The van der Waals surface area contributed by atoms with Gasteiger partial charge in [-0.2, -0.15) is 0 Å². The molecule has 0 bridgehead atoms. The van der Waals surface area contributed by atoms with Crippen molar-refractivity contribution in [1.82, 2.24) is 5.32 Å². The predicted octanol–water partition coefficient (Wildman–Crippen LogP) is 1.29. The fraction of sp³-hybridized carbons (Fsp3) is 0.364. The Morgan fingerprint density at radius 3 is 2.57 bits per heavy atom. The Hall–Kier alpha value is -1.35. The maximum Gasteiger partial charge on any atom is 0.321 e. The summed E-state index contributed by atoms with van der Waals surface area (Å²) in [5.74, 6) is -0.796. The van der Waals surface area contributed by atoms with Crippen LogP contribution in [-0.4, -0.2) is 23.7 Å². The first-order valence-corrected chi connectivity index (χ1v) is 4.74. The van der Waals surface area contributed by atoms with Gasteiger partial charge in [-0.25, -0.2) is 0 Å².